The number of hydrogen-bond donors (Lipinski definition) is 1. The van der Waals surface area contributed by atoms with Crippen LogP contribution in [0.4, 0.5) is 0 Å². The first-order valence-corrected chi connectivity index (χ1v) is 10.5. The van der Waals surface area contributed by atoms with Gasteiger partial charge >= 0.3 is 0 Å². The van der Waals surface area contributed by atoms with E-state index in [4.69, 9.17) is 4.74 Å². The Kier molecular flexibility index (Phi) is 5.91. The summed E-state index contributed by atoms with van der Waals surface area (Å²) >= 11 is 0. The van der Waals surface area contributed by atoms with Gasteiger partial charge in [0, 0.05) is 50.2 Å². The van der Waals surface area contributed by atoms with Crippen LogP contribution in [0.25, 0.3) is 16.8 Å². The third-order valence-corrected chi connectivity index (χ3v) is 5.96. The molecule has 0 radical (unpaired) electrons. The number of amides is 1. The monoisotopic (exact) mass is 421 g/mol. The molecule has 9 heteroatoms. The van der Waals surface area contributed by atoms with Crippen LogP contribution in [0.15, 0.2) is 31.0 Å². The molecule has 4 heterocycles. The van der Waals surface area contributed by atoms with Gasteiger partial charge in [-0.1, -0.05) is 0 Å². The molecule has 0 bridgehead atoms. The number of ether oxygens (including phenoxy) is 1. The number of hydrogen-bond acceptors (Lipinski definition) is 6. The Morgan fingerprint density at radius 2 is 2.26 bits per heavy atom. The summed E-state index contributed by atoms with van der Waals surface area (Å²) in [4.78, 5) is 19.0. The second kappa shape index (κ2) is 8.78. The van der Waals surface area contributed by atoms with Gasteiger partial charge in [-0.15, -0.1) is 0 Å². The minimum atomic E-state index is 0.129. The molecule has 31 heavy (non-hydrogen) atoms. The number of aromatic nitrogens is 4. The number of carbonyl (C=O) groups is 1. The molecule has 3 aromatic heterocycles. The van der Waals surface area contributed by atoms with Crippen LogP contribution < -0.4 is 10.1 Å². The van der Waals surface area contributed by atoms with Crippen molar-refractivity contribution in [2.45, 2.75) is 26.3 Å². The van der Waals surface area contributed by atoms with Crippen molar-refractivity contribution in [1.29, 1.82) is 5.26 Å². The second-order valence-electron chi connectivity index (χ2n) is 7.88. The molecule has 162 valence electrons. The van der Waals surface area contributed by atoms with Crippen LogP contribution in [0, 0.1) is 17.2 Å². The zero-order valence-corrected chi connectivity index (χ0v) is 18.1. The van der Waals surface area contributed by atoms with E-state index >= 15 is 0 Å². The summed E-state index contributed by atoms with van der Waals surface area (Å²) in [6.07, 6.45) is 8.04. The molecule has 3 aromatic rings. The SMILES string of the molecule is CCN(CCC(C)n1cnc(-c2cc(OC)c3c(C#N)cnn3c2)c1)C(=O)C1CNC1. The first kappa shape index (κ1) is 20.9. The summed E-state index contributed by atoms with van der Waals surface area (Å²) in [7, 11) is 1.58. The van der Waals surface area contributed by atoms with Crippen LogP contribution in [0.1, 0.15) is 31.9 Å². The molecule has 1 aliphatic heterocycles. The first-order chi connectivity index (χ1) is 15.0. The van der Waals surface area contributed by atoms with Crippen LogP contribution >= 0.6 is 0 Å². The van der Waals surface area contributed by atoms with Gasteiger partial charge in [-0.3, -0.25) is 4.79 Å². The molecule has 4 rings (SSSR count). The Hall–Kier alpha value is -3.38. The van der Waals surface area contributed by atoms with Crippen molar-refractivity contribution in [2.24, 2.45) is 5.92 Å². The van der Waals surface area contributed by atoms with Crippen molar-refractivity contribution >= 4 is 11.4 Å². The first-order valence-electron chi connectivity index (χ1n) is 10.5. The molecule has 0 aliphatic carbocycles. The topological polar surface area (TPSA) is 100 Å². The van der Waals surface area contributed by atoms with Gasteiger partial charge in [0.2, 0.25) is 5.91 Å². The van der Waals surface area contributed by atoms with Crippen molar-refractivity contribution < 1.29 is 9.53 Å². The molecule has 1 aliphatic rings. The Morgan fingerprint density at radius 1 is 1.45 bits per heavy atom. The quantitative estimate of drug-likeness (QED) is 0.598. The van der Waals surface area contributed by atoms with E-state index in [2.05, 4.69) is 33.0 Å². The maximum absolute atomic E-state index is 12.5. The average Bonchev–Trinajstić information content (AvgIpc) is 3.39. The minimum Gasteiger partial charge on any atom is -0.494 e. The number of nitriles is 1. The maximum Gasteiger partial charge on any atom is 0.228 e. The van der Waals surface area contributed by atoms with E-state index in [9.17, 15) is 10.1 Å². The highest BCUT2D eigenvalue weighted by molar-refractivity contribution is 5.80. The molecule has 1 fully saturated rings. The van der Waals surface area contributed by atoms with Crippen molar-refractivity contribution in [3.63, 3.8) is 0 Å². The summed E-state index contributed by atoms with van der Waals surface area (Å²) in [5.74, 6) is 0.955. The van der Waals surface area contributed by atoms with E-state index in [0.29, 0.717) is 16.8 Å². The lowest BCUT2D eigenvalue weighted by molar-refractivity contribution is -0.137. The molecule has 1 saturated heterocycles. The Morgan fingerprint density at radius 3 is 2.90 bits per heavy atom. The van der Waals surface area contributed by atoms with Crippen molar-refractivity contribution in [3.05, 3.63) is 36.5 Å². The third-order valence-electron chi connectivity index (χ3n) is 5.96. The highest BCUT2D eigenvalue weighted by Gasteiger charge is 2.28. The normalized spacial score (nSPS) is 14.8. The molecule has 1 atom stereocenters. The lowest BCUT2D eigenvalue weighted by atomic mass is 10.0. The number of fused-ring (bicyclic) bond motifs is 1. The molecule has 0 spiro atoms. The van der Waals surface area contributed by atoms with Gasteiger partial charge in [0.25, 0.3) is 0 Å². The average molecular weight is 422 g/mol. The Labute approximate surface area is 181 Å². The molecule has 0 aromatic carbocycles. The minimum absolute atomic E-state index is 0.129. The Balaban J connectivity index is 1.48. The van der Waals surface area contributed by atoms with Crippen LogP contribution in [-0.4, -0.2) is 63.3 Å². The number of pyridine rings is 1. The number of nitrogens with zero attached hydrogens (tertiary/aromatic N) is 6. The summed E-state index contributed by atoms with van der Waals surface area (Å²) in [5.41, 5.74) is 2.76. The van der Waals surface area contributed by atoms with Gasteiger partial charge in [-0.2, -0.15) is 10.4 Å². The lowest BCUT2D eigenvalue weighted by Gasteiger charge is -2.32. The van der Waals surface area contributed by atoms with E-state index in [0.717, 1.165) is 43.9 Å². The molecule has 0 saturated carbocycles. The second-order valence-corrected chi connectivity index (χ2v) is 7.88. The van der Waals surface area contributed by atoms with Crippen molar-refractivity contribution in [3.8, 4) is 23.1 Å². The molecule has 9 nitrogen and oxygen atoms in total. The van der Waals surface area contributed by atoms with Gasteiger partial charge in [0.15, 0.2) is 0 Å². The molecule has 1 N–H and O–H groups in total. The number of methoxy groups -OCH3 is 1. The van der Waals surface area contributed by atoms with Gasteiger partial charge in [-0.05, 0) is 26.3 Å². The summed E-state index contributed by atoms with van der Waals surface area (Å²) < 4.78 is 9.21. The molecule has 1 amide bonds. The van der Waals surface area contributed by atoms with Crippen LogP contribution in [0.3, 0.4) is 0 Å². The summed E-state index contributed by atoms with van der Waals surface area (Å²) in [6.45, 7) is 7.19. The molecule has 1 unspecified atom stereocenters. The van der Waals surface area contributed by atoms with E-state index in [1.54, 1.807) is 11.6 Å². The Bertz CT molecular complexity index is 1120. The molecular formula is C22H27N7O2. The third kappa shape index (κ3) is 3.99. The van der Waals surface area contributed by atoms with E-state index in [1.165, 1.54) is 6.20 Å². The van der Waals surface area contributed by atoms with Crippen LogP contribution in [0.5, 0.6) is 5.75 Å². The standard InChI is InChI=1S/C22H27N7O2/c1-4-27(22(30)18-9-24-10-18)6-5-15(2)28-13-19(25-14-28)16-7-20(31-3)21-17(8-23)11-26-29(21)12-16/h7,11-15,18,24H,4-6,9-10H2,1-3H3. The fourth-order valence-electron chi connectivity index (χ4n) is 3.83. The van der Waals surface area contributed by atoms with Crippen molar-refractivity contribution in [2.75, 3.05) is 33.3 Å². The zero-order valence-electron chi connectivity index (χ0n) is 18.1. The highest BCUT2D eigenvalue weighted by Crippen LogP contribution is 2.29. The fourth-order valence-corrected chi connectivity index (χ4v) is 3.83. The predicted octanol–water partition coefficient (Wildman–Crippen LogP) is 2.10. The number of rotatable bonds is 8. The zero-order chi connectivity index (χ0) is 22.0. The van der Waals surface area contributed by atoms with E-state index in [1.807, 2.05) is 36.6 Å². The smallest absolute Gasteiger partial charge is 0.228 e. The van der Waals surface area contributed by atoms with E-state index < -0.39 is 0 Å². The lowest BCUT2D eigenvalue weighted by Crippen LogP contribution is -2.52. The fraction of sp³-hybridized carbons (Fsp3) is 0.455. The van der Waals surface area contributed by atoms with Crippen molar-refractivity contribution in [1.82, 2.24) is 29.4 Å². The van der Waals surface area contributed by atoms with Gasteiger partial charge in [-0.25, -0.2) is 9.50 Å². The number of nitrogens with one attached hydrogen (secondary N) is 1. The summed E-state index contributed by atoms with van der Waals surface area (Å²) in [5, 5.41) is 16.7. The highest BCUT2D eigenvalue weighted by atomic mass is 16.5. The van der Waals surface area contributed by atoms with Gasteiger partial charge in [0.1, 0.15) is 22.9 Å². The number of carbonyl (C=O) groups excluding carboxylic acids is 1. The largest absolute Gasteiger partial charge is 0.494 e. The summed E-state index contributed by atoms with van der Waals surface area (Å²) in [6, 6.07) is 4.21. The number of imidazole rings is 1. The van der Waals surface area contributed by atoms with Gasteiger partial charge < -0.3 is 19.5 Å². The van der Waals surface area contributed by atoms with Crippen LogP contribution in [0.2, 0.25) is 0 Å². The maximum atomic E-state index is 12.5. The predicted molar refractivity (Wildman–Crippen MR) is 116 cm³/mol. The van der Waals surface area contributed by atoms with Gasteiger partial charge in [0.05, 0.1) is 31.2 Å². The molecular weight excluding hydrogens is 394 g/mol. The van der Waals surface area contributed by atoms with Crippen LogP contribution in [-0.2, 0) is 4.79 Å². The van der Waals surface area contributed by atoms with E-state index in [-0.39, 0.29) is 17.9 Å².